The molecule has 85 heavy (non-hydrogen) atoms. The number of aryl methyl sites for hydroxylation is 2. The number of ether oxygens (including phenoxy) is 11. The van der Waals surface area contributed by atoms with E-state index in [2.05, 4.69) is 5.16 Å². The van der Waals surface area contributed by atoms with Gasteiger partial charge in [-0.1, -0.05) is 38.9 Å². The van der Waals surface area contributed by atoms with Crippen LogP contribution in [-0.2, 0) is 79.5 Å². The van der Waals surface area contributed by atoms with Crippen molar-refractivity contribution >= 4 is 34.5 Å². The minimum Gasteiger partial charge on any atom is -0.477 e. The normalized spacial score (nSPS) is 34.9. The molecule has 1 aromatic heterocycles. The minimum absolute atomic E-state index is 0.00746. The quantitative estimate of drug-likeness (QED) is 0.0364. The second-order valence-corrected chi connectivity index (χ2v) is 24.1. The number of oxime groups is 1. The van der Waals surface area contributed by atoms with Crippen LogP contribution in [0.1, 0.15) is 131 Å². The Bertz CT molecular complexity index is 2540. The van der Waals surface area contributed by atoms with Gasteiger partial charge in [0.1, 0.15) is 29.0 Å². The van der Waals surface area contributed by atoms with Gasteiger partial charge in [-0.25, -0.2) is 4.79 Å². The third-order valence-corrected chi connectivity index (χ3v) is 17.1. The molecule has 24 nitrogen and oxygen atoms in total. The number of carbonyl (C=O) groups excluding carboxylic acids is 2. The number of aliphatic hydroxyl groups is 4. The smallest absolute Gasteiger partial charge is 0.341 e. The zero-order valence-electron chi connectivity index (χ0n) is 52.7. The lowest BCUT2D eigenvalue weighted by atomic mass is 9.73. The van der Waals surface area contributed by atoms with E-state index in [1.54, 1.807) is 66.0 Å². The van der Waals surface area contributed by atoms with Gasteiger partial charge in [0.05, 0.1) is 92.7 Å². The van der Waals surface area contributed by atoms with Gasteiger partial charge in [-0.15, -0.1) is 0 Å². The van der Waals surface area contributed by atoms with Gasteiger partial charge < -0.3 is 91.9 Å². The third kappa shape index (κ3) is 18.4. The molecule has 3 aliphatic heterocycles. The molecule has 18 atom stereocenters. The number of carboxylic acid groups (broad SMARTS) is 1. The molecule has 0 saturated carbocycles. The summed E-state index contributed by atoms with van der Waals surface area (Å²) in [6, 6.07) is 5.10. The number of benzene rings is 1. The number of carboxylic acids is 1. The molecule has 484 valence electrons. The van der Waals surface area contributed by atoms with Crippen molar-refractivity contribution < 1.29 is 96.9 Å². The van der Waals surface area contributed by atoms with E-state index in [-0.39, 0.29) is 82.3 Å². The van der Waals surface area contributed by atoms with Crippen LogP contribution >= 0.6 is 0 Å². The molecule has 4 heterocycles. The van der Waals surface area contributed by atoms with Crippen molar-refractivity contribution in [3.8, 4) is 0 Å². The Hall–Kier alpha value is -4.25. The van der Waals surface area contributed by atoms with Gasteiger partial charge in [0.15, 0.2) is 18.7 Å². The SMILES string of the molecule is CC[C@H]1OC(=O)[C@H](C)[C@@H](O[C@H]2C[C@@](C)(OC)[C@@H](OC(=O)CCOCCOCCCc3ccc4c(c3)c(=O)c(C(=O)O)cn4CC)[C@H](C)O2)[C@H](C)[C@@H](O[C@@H]2O[C@H](C)C[C@H](N(C)C)[C@H]2O)[C@](C)(O)C[C@@H](C)/C(=N\OCOCCOC)[C@H](C)[C@@H](O)[C@]1(C)O. The maximum Gasteiger partial charge on any atom is 0.341 e. The number of esters is 2. The van der Waals surface area contributed by atoms with E-state index < -0.39 is 119 Å². The zero-order valence-corrected chi connectivity index (χ0v) is 52.7. The lowest BCUT2D eigenvalue weighted by Gasteiger charge is -2.49. The first-order valence-electron chi connectivity index (χ1n) is 29.9. The van der Waals surface area contributed by atoms with Gasteiger partial charge >= 0.3 is 17.9 Å². The summed E-state index contributed by atoms with van der Waals surface area (Å²) in [6.45, 7) is 20.4. The third-order valence-electron chi connectivity index (χ3n) is 17.1. The number of aliphatic hydroxyl groups excluding tert-OH is 2. The lowest BCUT2D eigenvalue weighted by Crippen LogP contribution is -2.61. The second-order valence-electron chi connectivity index (χ2n) is 24.1. The van der Waals surface area contributed by atoms with E-state index in [1.807, 2.05) is 45.0 Å². The first kappa shape index (κ1) is 71.5. The fourth-order valence-corrected chi connectivity index (χ4v) is 12.2. The molecule has 1 aromatic carbocycles. The highest BCUT2D eigenvalue weighted by molar-refractivity contribution is 5.92. The number of aromatic carboxylic acids is 1. The van der Waals surface area contributed by atoms with Crippen LogP contribution < -0.4 is 5.43 Å². The highest BCUT2D eigenvalue weighted by Gasteiger charge is 2.54. The number of rotatable bonds is 26. The van der Waals surface area contributed by atoms with E-state index >= 15 is 0 Å². The molecule has 0 aliphatic carbocycles. The molecule has 24 heteroatoms. The number of aromatic nitrogens is 1. The predicted octanol–water partition coefficient (Wildman–Crippen LogP) is 4.85. The van der Waals surface area contributed by atoms with Crippen LogP contribution in [0, 0.1) is 23.7 Å². The topological polar surface area (TPSA) is 301 Å². The van der Waals surface area contributed by atoms with Gasteiger partial charge in [-0.05, 0) is 112 Å². The number of hydrogen-bond donors (Lipinski definition) is 5. The summed E-state index contributed by atoms with van der Waals surface area (Å²) < 4.78 is 68.7. The molecule has 0 radical (unpaired) electrons. The van der Waals surface area contributed by atoms with Gasteiger partial charge in [0.25, 0.3) is 0 Å². The number of hydrogen-bond acceptors (Lipinski definition) is 22. The average molecular weight is 1210 g/mol. The van der Waals surface area contributed by atoms with E-state index in [4.69, 9.17) is 56.9 Å². The highest BCUT2D eigenvalue weighted by atomic mass is 16.7. The number of likely N-dealkylation sites (N-methyl/N-ethyl adjacent to an activating group) is 1. The fraction of sp³-hybridized carbons (Fsp3) is 0.787. The molecule has 0 amide bonds. The van der Waals surface area contributed by atoms with E-state index in [0.29, 0.717) is 49.9 Å². The molecule has 5 rings (SSSR count). The number of nitrogens with zero attached hydrogens (tertiary/aromatic N) is 3. The van der Waals surface area contributed by atoms with E-state index in [1.165, 1.54) is 27.3 Å². The van der Waals surface area contributed by atoms with Crippen LogP contribution in [0.15, 0.2) is 34.3 Å². The van der Waals surface area contributed by atoms with E-state index in [0.717, 1.165) is 5.56 Å². The minimum atomic E-state index is -2.03. The average Bonchev–Trinajstić information content (AvgIpc) is 1.85. The Morgan fingerprint density at radius 3 is 2.18 bits per heavy atom. The van der Waals surface area contributed by atoms with Crippen molar-refractivity contribution in [2.24, 2.45) is 28.8 Å². The molecule has 0 unspecified atom stereocenters. The molecule has 2 aromatic rings. The molecule has 3 fully saturated rings. The summed E-state index contributed by atoms with van der Waals surface area (Å²) in [4.78, 5) is 60.3. The van der Waals surface area contributed by atoms with Crippen LogP contribution in [0.2, 0.25) is 0 Å². The van der Waals surface area contributed by atoms with E-state index in [9.17, 15) is 44.7 Å². The second kappa shape index (κ2) is 32.3. The molecule has 5 N–H and O–H groups in total. The largest absolute Gasteiger partial charge is 0.477 e. The maximum absolute atomic E-state index is 14.7. The van der Waals surface area contributed by atoms with Gasteiger partial charge in [0.2, 0.25) is 12.2 Å². The molecule has 0 spiro atoms. The Labute approximate surface area is 500 Å². The number of fused-ring (bicyclic) bond motifs is 1. The Kier molecular flexibility index (Phi) is 27.2. The van der Waals surface area contributed by atoms with Gasteiger partial charge in [-0.3, -0.25) is 14.4 Å². The van der Waals surface area contributed by atoms with Crippen molar-refractivity contribution in [3.05, 3.63) is 45.7 Å². The zero-order chi connectivity index (χ0) is 63.1. The highest BCUT2D eigenvalue weighted by Crippen LogP contribution is 2.42. The van der Waals surface area contributed by atoms with Crippen molar-refractivity contribution in [1.29, 1.82) is 0 Å². The summed E-state index contributed by atoms with van der Waals surface area (Å²) in [7, 11) is 6.71. The molecule has 0 bridgehead atoms. The number of carbonyl (C=O) groups is 3. The number of pyridine rings is 1. The van der Waals surface area contributed by atoms with Crippen molar-refractivity contribution in [3.63, 3.8) is 0 Å². The van der Waals surface area contributed by atoms with Gasteiger partial charge in [0, 0.05) is 69.2 Å². The summed E-state index contributed by atoms with van der Waals surface area (Å²) in [5.74, 6) is -6.32. The Morgan fingerprint density at radius 1 is 0.859 bits per heavy atom. The van der Waals surface area contributed by atoms with Crippen LogP contribution in [0.3, 0.4) is 0 Å². The Balaban J connectivity index is 1.31. The molecular weight excluding hydrogens is 1110 g/mol. The van der Waals surface area contributed by atoms with Crippen molar-refractivity contribution in [1.82, 2.24) is 9.47 Å². The lowest BCUT2D eigenvalue weighted by molar-refractivity contribution is -0.318. The van der Waals surface area contributed by atoms with Crippen LogP contribution in [0.5, 0.6) is 0 Å². The summed E-state index contributed by atoms with van der Waals surface area (Å²) in [6.07, 6.45) is -7.92. The monoisotopic (exact) mass is 1210 g/mol. The van der Waals surface area contributed by atoms with Crippen LogP contribution in [0.25, 0.3) is 10.9 Å². The maximum atomic E-state index is 14.7. The molecule has 3 saturated heterocycles. The van der Waals surface area contributed by atoms with Gasteiger partial charge in [-0.2, -0.15) is 0 Å². The first-order chi connectivity index (χ1) is 40.1. The predicted molar refractivity (Wildman–Crippen MR) is 312 cm³/mol. The fourth-order valence-electron chi connectivity index (χ4n) is 12.2. The number of cyclic esters (lactones) is 1. The Morgan fingerprint density at radius 2 is 1.54 bits per heavy atom. The summed E-state index contributed by atoms with van der Waals surface area (Å²) >= 11 is 0. The summed E-state index contributed by atoms with van der Waals surface area (Å²) in [5.41, 5.74) is -4.06. The standard InChI is InChI=1S/C61H99N3O21/c1-16-46-61(11,73)53(68)37(5)49(62-79-34-78-26-25-74-14)35(3)31-59(9,72)54(85-58-51(67)45(63(12)13)29-36(4)80-58)38(6)52(39(7)57(71)82-46)84-48-32-60(10,75-15)55(40(8)81-48)83-47(65)22-24-77-28-27-76-23-18-19-41-20-21-44-42(30-41)50(66)43(56(69)70)33-64(44)17-2/h20-21,30,33,35-40,45-46,48,51-55,58,67-68,72-73H,16-19,22-29,31-32,34H2,1-15H3,(H,69,70)/b62-49+/t35-,36-,37+,38+,39-,40+,45+,46-,48+,51-,52+,53-,54-,55+,58+,59-,60-,61-/m1/s1. The summed E-state index contributed by atoms with van der Waals surface area (Å²) in [5, 5.41) is 63.4. The van der Waals surface area contributed by atoms with Crippen molar-refractivity contribution in [2.45, 2.75) is 212 Å². The number of methoxy groups -OCH3 is 2. The first-order valence-corrected chi connectivity index (χ1v) is 29.9. The molecular formula is C61H99N3O21. The van der Waals surface area contributed by atoms with Crippen LogP contribution in [0.4, 0.5) is 0 Å². The van der Waals surface area contributed by atoms with Crippen molar-refractivity contribution in [2.75, 3.05) is 74.7 Å². The molecule has 3 aliphatic rings. The van der Waals surface area contributed by atoms with Crippen LogP contribution in [-0.4, -0.2) is 218 Å².